The Morgan fingerprint density at radius 3 is 2.27 bits per heavy atom. The van der Waals surface area contributed by atoms with Crippen molar-refractivity contribution < 1.29 is 14.3 Å². The van der Waals surface area contributed by atoms with Crippen LogP contribution in [0.25, 0.3) is 11.3 Å². The molecule has 3 aromatic rings. The second kappa shape index (κ2) is 7.70. The van der Waals surface area contributed by atoms with Gasteiger partial charge in [0.2, 0.25) is 0 Å². The number of methoxy groups -OCH3 is 2. The molecule has 1 aromatic heterocycles. The maximum Gasteiger partial charge on any atom is 0.257 e. The summed E-state index contributed by atoms with van der Waals surface area (Å²) in [6, 6.07) is 16.9. The maximum atomic E-state index is 12.5. The summed E-state index contributed by atoms with van der Waals surface area (Å²) in [4.78, 5) is 16.9. The van der Waals surface area contributed by atoms with E-state index in [1.807, 2.05) is 31.2 Å². The third kappa shape index (κ3) is 4.00. The predicted octanol–water partition coefficient (Wildman–Crippen LogP) is 4.33. The molecule has 0 atom stereocenters. The fraction of sp³-hybridized carbons (Fsp3) is 0.143. The molecule has 3 rings (SSSR count). The summed E-state index contributed by atoms with van der Waals surface area (Å²) in [6.45, 7) is 2.04. The fourth-order valence-corrected chi connectivity index (χ4v) is 2.59. The average Bonchev–Trinajstić information content (AvgIpc) is 2.67. The van der Waals surface area contributed by atoms with E-state index in [9.17, 15) is 4.79 Å². The van der Waals surface area contributed by atoms with Gasteiger partial charge in [0.1, 0.15) is 11.5 Å². The van der Waals surface area contributed by atoms with Crippen molar-refractivity contribution in [2.75, 3.05) is 19.5 Å². The van der Waals surface area contributed by atoms with Crippen molar-refractivity contribution in [1.29, 1.82) is 0 Å². The van der Waals surface area contributed by atoms with E-state index in [2.05, 4.69) is 16.4 Å². The number of nitrogens with zero attached hydrogens (tertiary/aromatic N) is 1. The number of benzene rings is 2. The minimum atomic E-state index is -0.247. The number of nitrogens with one attached hydrogen (secondary N) is 1. The number of carbonyl (C=O) groups excluding carboxylic acids is 1. The van der Waals surface area contributed by atoms with Crippen LogP contribution in [0.1, 0.15) is 15.9 Å². The van der Waals surface area contributed by atoms with Gasteiger partial charge in [-0.15, -0.1) is 0 Å². The largest absolute Gasteiger partial charge is 0.497 e. The molecule has 26 heavy (non-hydrogen) atoms. The molecule has 0 aliphatic carbocycles. The molecule has 0 spiro atoms. The number of rotatable bonds is 5. The van der Waals surface area contributed by atoms with Gasteiger partial charge in [-0.05, 0) is 25.1 Å². The molecule has 0 unspecified atom stereocenters. The van der Waals surface area contributed by atoms with Crippen LogP contribution in [-0.2, 0) is 0 Å². The number of pyridine rings is 1. The van der Waals surface area contributed by atoms with Gasteiger partial charge >= 0.3 is 0 Å². The number of ether oxygens (including phenoxy) is 2. The van der Waals surface area contributed by atoms with E-state index in [1.165, 1.54) is 0 Å². The van der Waals surface area contributed by atoms with Crippen LogP contribution in [0.4, 0.5) is 5.69 Å². The van der Waals surface area contributed by atoms with E-state index in [1.54, 1.807) is 44.7 Å². The lowest BCUT2D eigenvalue weighted by molar-refractivity contribution is 0.102. The van der Waals surface area contributed by atoms with E-state index in [-0.39, 0.29) is 5.91 Å². The van der Waals surface area contributed by atoms with Crippen LogP contribution in [0.3, 0.4) is 0 Å². The summed E-state index contributed by atoms with van der Waals surface area (Å²) < 4.78 is 10.4. The second-order valence-corrected chi connectivity index (χ2v) is 5.86. The SMILES string of the molecule is COc1cc(NC(=O)c2ccc(-c3cccc(C)c3)nc2)cc(OC)c1. The fourth-order valence-electron chi connectivity index (χ4n) is 2.59. The molecule has 132 valence electrons. The van der Waals surface area contributed by atoms with Crippen LogP contribution < -0.4 is 14.8 Å². The lowest BCUT2D eigenvalue weighted by Crippen LogP contribution is -2.12. The van der Waals surface area contributed by atoms with E-state index in [0.29, 0.717) is 22.7 Å². The molecule has 0 bridgehead atoms. The van der Waals surface area contributed by atoms with Crippen LogP contribution in [0.5, 0.6) is 11.5 Å². The van der Waals surface area contributed by atoms with Crippen molar-refractivity contribution in [1.82, 2.24) is 4.98 Å². The third-order valence-electron chi connectivity index (χ3n) is 3.95. The Hall–Kier alpha value is -3.34. The summed E-state index contributed by atoms with van der Waals surface area (Å²) in [7, 11) is 3.13. The first-order valence-electron chi connectivity index (χ1n) is 8.16. The van der Waals surface area contributed by atoms with Crippen LogP contribution in [0, 0.1) is 6.92 Å². The predicted molar refractivity (Wildman–Crippen MR) is 102 cm³/mol. The zero-order chi connectivity index (χ0) is 18.5. The van der Waals surface area contributed by atoms with Crippen molar-refractivity contribution in [3.63, 3.8) is 0 Å². The summed E-state index contributed by atoms with van der Waals surface area (Å²) in [5, 5.41) is 2.84. The Labute approximate surface area is 152 Å². The Bertz CT molecular complexity index is 899. The van der Waals surface area contributed by atoms with Crippen molar-refractivity contribution in [2.45, 2.75) is 6.92 Å². The number of anilines is 1. The molecule has 0 radical (unpaired) electrons. The van der Waals surface area contributed by atoms with Crippen molar-refractivity contribution in [2.24, 2.45) is 0 Å². The van der Waals surface area contributed by atoms with Crippen LogP contribution in [0.15, 0.2) is 60.8 Å². The normalized spacial score (nSPS) is 10.3. The van der Waals surface area contributed by atoms with Gasteiger partial charge < -0.3 is 14.8 Å². The summed E-state index contributed by atoms with van der Waals surface area (Å²) in [6.07, 6.45) is 1.57. The molecule has 0 aliphatic rings. The summed E-state index contributed by atoms with van der Waals surface area (Å²) in [5.41, 5.74) is 4.08. The molecule has 0 saturated heterocycles. The quantitative estimate of drug-likeness (QED) is 0.746. The second-order valence-electron chi connectivity index (χ2n) is 5.86. The van der Waals surface area contributed by atoms with E-state index >= 15 is 0 Å². The van der Waals surface area contributed by atoms with E-state index in [0.717, 1.165) is 16.8 Å². The number of aromatic nitrogens is 1. The van der Waals surface area contributed by atoms with Gasteiger partial charge in [-0.25, -0.2) is 0 Å². The molecule has 1 N–H and O–H groups in total. The number of hydrogen-bond donors (Lipinski definition) is 1. The van der Waals surface area contributed by atoms with Crippen LogP contribution in [0.2, 0.25) is 0 Å². The molecular formula is C21H20N2O3. The standard InChI is InChI=1S/C21H20N2O3/c1-14-5-4-6-15(9-14)20-8-7-16(13-22-20)21(24)23-17-10-18(25-2)12-19(11-17)26-3/h4-13H,1-3H3,(H,23,24). The first-order chi connectivity index (χ1) is 12.6. The molecule has 0 saturated carbocycles. The average molecular weight is 348 g/mol. The van der Waals surface area contributed by atoms with Crippen LogP contribution >= 0.6 is 0 Å². The number of hydrogen-bond acceptors (Lipinski definition) is 4. The highest BCUT2D eigenvalue weighted by Crippen LogP contribution is 2.26. The number of aryl methyl sites for hydroxylation is 1. The highest BCUT2D eigenvalue weighted by atomic mass is 16.5. The van der Waals surface area contributed by atoms with Gasteiger partial charge in [0.25, 0.3) is 5.91 Å². The van der Waals surface area contributed by atoms with Crippen LogP contribution in [-0.4, -0.2) is 25.1 Å². The van der Waals surface area contributed by atoms with Gasteiger partial charge in [-0.2, -0.15) is 0 Å². The zero-order valence-electron chi connectivity index (χ0n) is 14.9. The highest BCUT2D eigenvalue weighted by molar-refractivity contribution is 6.04. The van der Waals surface area contributed by atoms with Gasteiger partial charge in [0, 0.05) is 35.6 Å². The third-order valence-corrected chi connectivity index (χ3v) is 3.95. The smallest absolute Gasteiger partial charge is 0.257 e. The molecule has 2 aromatic carbocycles. The number of carbonyl (C=O) groups is 1. The lowest BCUT2D eigenvalue weighted by Gasteiger charge is -2.10. The summed E-state index contributed by atoms with van der Waals surface area (Å²) >= 11 is 0. The molecule has 1 heterocycles. The van der Waals surface area contributed by atoms with E-state index in [4.69, 9.17) is 9.47 Å². The van der Waals surface area contributed by atoms with Crippen molar-refractivity contribution >= 4 is 11.6 Å². The Balaban J connectivity index is 1.78. The molecule has 5 heteroatoms. The minimum Gasteiger partial charge on any atom is -0.497 e. The Kier molecular flexibility index (Phi) is 5.17. The topological polar surface area (TPSA) is 60.5 Å². The zero-order valence-corrected chi connectivity index (χ0v) is 14.9. The molecule has 0 aliphatic heterocycles. The lowest BCUT2D eigenvalue weighted by atomic mass is 10.1. The van der Waals surface area contributed by atoms with Crippen molar-refractivity contribution in [3.8, 4) is 22.8 Å². The highest BCUT2D eigenvalue weighted by Gasteiger charge is 2.10. The molecule has 1 amide bonds. The maximum absolute atomic E-state index is 12.5. The van der Waals surface area contributed by atoms with Gasteiger partial charge in [0.05, 0.1) is 25.5 Å². The van der Waals surface area contributed by atoms with Crippen molar-refractivity contribution in [3.05, 3.63) is 71.9 Å². The molecule has 0 fully saturated rings. The monoisotopic (exact) mass is 348 g/mol. The molecular weight excluding hydrogens is 328 g/mol. The first kappa shape index (κ1) is 17.5. The Morgan fingerprint density at radius 1 is 0.962 bits per heavy atom. The summed E-state index contributed by atoms with van der Waals surface area (Å²) in [5.74, 6) is 0.962. The van der Waals surface area contributed by atoms with Gasteiger partial charge in [0.15, 0.2) is 0 Å². The van der Waals surface area contributed by atoms with Gasteiger partial charge in [-0.1, -0.05) is 23.8 Å². The Morgan fingerprint density at radius 2 is 1.69 bits per heavy atom. The first-order valence-corrected chi connectivity index (χ1v) is 8.16. The molecule has 5 nitrogen and oxygen atoms in total. The van der Waals surface area contributed by atoms with Gasteiger partial charge in [-0.3, -0.25) is 9.78 Å². The minimum absolute atomic E-state index is 0.247. The van der Waals surface area contributed by atoms with E-state index < -0.39 is 0 Å². The number of amides is 1.